The molecule has 1 aromatic heterocycles. The molecule has 41 heavy (non-hydrogen) atoms. The smallest absolute Gasteiger partial charge is 0.372 e. The molecule has 0 saturated carbocycles. The Labute approximate surface area is 222 Å². The molecule has 0 bridgehead atoms. The van der Waals surface area contributed by atoms with Crippen LogP contribution in [0.2, 0.25) is 0 Å². The lowest BCUT2D eigenvalue weighted by Crippen LogP contribution is -2.43. The Hall–Kier alpha value is -3.99. The number of hydrogen-bond donors (Lipinski definition) is 2. The van der Waals surface area contributed by atoms with Gasteiger partial charge >= 0.3 is 18.5 Å². The molecule has 1 aliphatic rings. The molecule has 2 heterocycles. The van der Waals surface area contributed by atoms with Crippen molar-refractivity contribution in [2.24, 2.45) is 5.16 Å². The fourth-order valence-electron chi connectivity index (χ4n) is 3.67. The Bertz CT molecular complexity index is 1350. The third-order valence-corrected chi connectivity index (χ3v) is 5.70. The van der Waals surface area contributed by atoms with Crippen LogP contribution in [0.15, 0.2) is 35.5 Å². The number of alkyl halides is 11. The summed E-state index contributed by atoms with van der Waals surface area (Å²) in [5.41, 5.74) is -9.10. The van der Waals surface area contributed by atoms with Gasteiger partial charge in [-0.2, -0.15) is 39.5 Å². The van der Waals surface area contributed by atoms with Gasteiger partial charge in [0, 0.05) is 5.56 Å². The maximum atomic E-state index is 14.2. The van der Waals surface area contributed by atoms with E-state index in [-0.39, 0.29) is 28.8 Å². The lowest BCUT2D eigenvalue weighted by atomic mass is 9.88. The number of pyridine rings is 1. The number of halogens is 11. The molecule has 0 aliphatic carbocycles. The molecule has 1 aliphatic heterocycles. The van der Waals surface area contributed by atoms with E-state index in [0.29, 0.717) is 0 Å². The molecule has 2 amide bonds. The predicted octanol–water partition coefficient (Wildman–Crippen LogP) is 5.34. The van der Waals surface area contributed by atoms with Crippen molar-refractivity contribution in [3.05, 3.63) is 64.0 Å². The number of nitrogens with one attached hydrogen (secondary N) is 2. The van der Waals surface area contributed by atoms with Crippen LogP contribution in [0.5, 0.6) is 0 Å². The number of aromatic nitrogens is 1. The zero-order chi connectivity index (χ0) is 31.0. The van der Waals surface area contributed by atoms with Gasteiger partial charge in [0.1, 0.15) is 12.2 Å². The van der Waals surface area contributed by atoms with Crippen LogP contribution in [-0.4, -0.2) is 48.0 Å². The summed E-state index contributed by atoms with van der Waals surface area (Å²) in [6.45, 7) is -1.13. The molecule has 18 heteroatoms. The number of nitrogens with zero attached hydrogens (tertiary/aromatic N) is 2. The molecular formula is C23H17F11N4O3. The molecule has 1 aromatic carbocycles. The number of carbonyl (C=O) groups is 2. The van der Waals surface area contributed by atoms with Crippen LogP contribution in [0.25, 0.3) is 0 Å². The Morgan fingerprint density at radius 1 is 1.00 bits per heavy atom. The summed E-state index contributed by atoms with van der Waals surface area (Å²) < 4.78 is 145. The Balaban J connectivity index is 1.85. The number of hydrogen-bond acceptors (Lipinski definition) is 5. The maximum absolute atomic E-state index is 14.2. The fourth-order valence-corrected chi connectivity index (χ4v) is 3.67. The first-order valence-corrected chi connectivity index (χ1v) is 11.2. The molecule has 0 saturated heterocycles. The van der Waals surface area contributed by atoms with E-state index in [9.17, 15) is 57.9 Å². The minimum Gasteiger partial charge on any atom is -0.372 e. The minimum absolute atomic E-state index is 0.0542. The van der Waals surface area contributed by atoms with E-state index in [4.69, 9.17) is 0 Å². The van der Waals surface area contributed by atoms with Crippen LogP contribution < -0.4 is 10.6 Å². The minimum atomic E-state index is -5.48. The maximum Gasteiger partial charge on any atom is 0.437 e. The average molecular weight is 606 g/mol. The normalized spacial score (nSPS) is 17.7. The standard InChI is InChI=1S/C23H17F11N4O3/c1-10-4-11(2-3-13(10)19(40)35-8-17(39)36-9-21(26,27)28)15-7-20(41-38-15,23(32,33)34)16-6-12(22(29,30)31)5-14(37-16)18(24)25/h2-6,18H,7-9H2,1H3,(H,35,40)(H,36,39). The first-order valence-electron chi connectivity index (χ1n) is 11.2. The Morgan fingerprint density at radius 2 is 1.66 bits per heavy atom. The van der Waals surface area contributed by atoms with Gasteiger partial charge < -0.3 is 15.5 Å². The Kier molecular flexibility index (Phi) is 8.55. The van der Waals surface area contributed by atoms with Crippen LogP contribution >= 0.6 is 0 Å². The van der Waals surface area contributed by atoms with Crippen molar-refractivity contribution in [1.82, 2.24) is 15.6 Å². The summed E-state index contributed by atoms with van der Waals surface area (Å²) in [6.07, 6.45) is -20.3. The molecule has 224 valence electrons. The van der Waals surface area contributed by atoms with Gasteiger partial charge in [0.15, 0.2) is 0 Å². The van der Waals surface area contributed by atoms with E-state index >= 15 is 0 Å². The lowest BCUT2D eigenvalue weighted by Gasteiger charge is -2.29. The molecule has 7 nitrogen and oxygen atoms in total. The summed E-state index contributed by atoms with van der Waals surface area (Å²) in [5.74, 6) is -2.07. The third-order valence-electron chi connectivity index (χ3n) is 5.70. The molecule has 2 N–H and O–H groups in total. The summed E-state index contributed by atoms with van der Waals surface area (Å²) in [7, 11) is 0. The lowest BCUT2D eigenvalue weighted by molar-refractivity contribution is -0.277. The van der Waals surface area contributed by atoms with Crippen LogP contribution in [-0.2, 0) is 21.4 Å². The van der Waals surface area contributed by atoms with Gasteiger partial charge in [-0.1, -0.05) is 11.2 Å². The molecular weight excluding hydrogens is 589 g/mol. The van der Waals surface area contributed by atoms with E-state index in [1.54, 1.807) is 0 Å². The number of oxime groups is 1. The van der Waals surface area contributed by atoms with Crippen molar-refractivity contribution in [2.45, 2.75) is 43.9 Å². The molecule has 1 atom stereocenters. The van der Waals surface area contributed by atoms with Gasteiger partial charge in [-0.05, 0) is 42.3 Å². The highest BCUT2D eigenvalue weighted by molar-refractivity contribution is 6.04. The summed E-state index contributed by atoms with van der Waals surface area (Å²) >= 11 is 0. The van der Waals surface area contributed by atoms with E-state index in [0.717, 1.165) is 18.2 Å². The van der Waals surface area contributed by atoms with E-state index < -0.39 is 84.5 Å². The SMILES string of the molecule is Cc1cc(C2=NOC(c3cc(C(F)(F)F)cc(C(F)F)n3)(C(F)(F)F)C2)ccc1C(=O)NCC(=O)NCC(F)(F)F. The topological polar surface area (TPSA) is 92.7 Å². The van der Waals surface area contributed by atoms with E-state index in [1.807, 2.05) is 0 Å². The fraction of sp³-hybridized carbons (Fsp3) is 0.391. The number of rotatable bonds is 7. The van der Waals surface area contributed by atoms with Gasteiger partial charge in [-0.3, -0.25) is 9.59 Å². The van der Waals surface area contributed by atoms with Gasteiger partial charge in [-0.15, -0.1) is 0 Å². The highest BCUT2D eigenvalue weighted by Crippen LogP contribution is 2.49. The number of carbonyl (C=O) groups excluding carboxylic acids is 2. The molecule has 2 aromatic rings. The van der Waals surface area contributed by atoms with Crippen molar-refractivity contribution >= 4 is 17.5 Å². The van der Waals surface area contributed by atoms with Gasteiger partial charge in [-0.25, -0.2) is 13.8 Å². The second-order valence-corrected chi connectivity index (χ2v) is 8.70. The van der Waals surface area contributed by atoms with Gasteiger partial charge in [0.05, 0.1) is 29.9 Å². The number of benzene rings is 1. The highest BCUT2D eigenvalue weighted by Gasteiger charge is 2.64. The number of aryl methyl sites for hydroxylation is 1. The van der Waals surface area contributed by atoms with Gasteiger partial charge in [0.25, 0.3) is 17.9 Å². The van der Waals surface area contributed by atoms with Crippen molar-refractivity contribution in [1.29, 1.82) is 0 Å². The van der Waals surface area contributed by atoms with Crippen LogP contribution in [0.1, 0.15) is 51.3 Å². The van der Waals surface area contributed by atoms with E-state index in [1.165, 1.54) is 12.2 Å². The quantitative estimate of drug-likeness (QED) is 0.417. The van der Waals surface area contributed by atoms with Crippen LogP contribution in [0.4, 0.5) is 48.3 Å². The Morgan fingerprint density at radius 3 is 2.20 bits per heavy atom. The second kappa shape index (κ2) is 11.1. The third kappa shape index (κ3) is 7.21. The van der Waals surface area contributed by atoms with Crippen molar-refractivity contribution in [2.75, 3.05) is 13.1 Å². The van der Waals surface area contributed by atoms with Crippen molar-refractivity contribution in [3.63, 3.8) is 0 Å². The van der Waals surface area contributed by atoms with Crippen LogP contribution in [0.3, 0.4) is 0 Å². The zero-order valence-corrected chi connectivity index (χ0v) is 20.4. The monoisotopic (exact) mass is 606 g/mol. The first-order chi connectivity index (χ1) is 18.7. The summed E-state index contributed by atoms with van der Waals surface area (Å²) in [4.78, 5) is 31.5. The second-order valence-electron chi connectivity index (χ2n) is 8.70. The molecule has 0 fully saturated rings. The summed E-state index contributed by atoms with van der Waals surface area (Å²) in [6, 6.07) is 3.19. The molecule has 3 rings (SSSR count). The first kappa shape index (κ1) is 31.5. The molecule has 0 spiro atoms. The summed E-state index contributed by atoms with van der Waals surface area (Å²) in [5, 5.41) is 6.93. The van der Waals surface area contributed by atoms with Crippen LogP contribution in [0, 0.1) is 6.92 Å². The largest absolute Gasteiger partial charge is 0.437 e. The molecule has 0 radical (unpaired) electrons. The molecule has 1 unspecified atom stereocenters. The van der Waals surface area contributed by atoms with E-state index in [2.05, 4.69) is 20.3 Å². The predicted molar refractivity (Wildman–Crippen MR) is 117 cm³/mol. The average Bonchev–Trinajstić information content (AvgIpc) is 3.32. The number of amides is 2. The zero-order valence-electron chi connectivity index (χ0n) is 20.4. The van der Waals surface area contributed by atoms with Crippen molar-refractivity contribution in [3.8, 4) is 0 Å². The van der Waals surface area contributed by atoms with Crippen molar-refractivity contribution < 1.29 is 62.7 Å². The van der Waals surface area contributed by atoms with Gasteiger partial charge in [0.2, 0.25) is 5.91 Å². The highest BCUT2D eigenvalue weighted by atomic mass is 19.4.